The molecule has 0 aliphatic rings. The van der Waals surface area contributed by atoms with E-state index < -0.39 is 16.3 Å². The second-order valence-electron chi connectivity index (χ2n) is 7.85. The summed E-state index contributed by atoms with van der Waals surface area (Å²) in [6.07, 6.45) is 0.317. The van der Waals surface area contributed by atoms with E-state index in [1.54, 1.807) is 6.07 Å². The number of fused-ring (bicyclic) bond motifs is 3. The number of hydrogen-bond acceptors (Lipinski definition) is 7. The Labute approximate surface area is 191 Å². The summed E-state index contributed by atoms with van der Waals surface area (Å²) in [7, 11) is -3.53. The van der Waals surface area contributed by atoms with Crippen molar-refractivity contribution < 1.29 is 23.4 Å². The van der Waals surface area contributed by atoms with E-state index in [1.807, 2.05) is 36.4 Å². The van der Waals surface area contributed by atoms with Gasteiger partial charge in [-0.15, -0.1) is 0 Å². The summed E-state index contributed by atoms with van der Waals surface area (Å²) in [5, 5.41) is 25.2. The number of nitrogens with two attached hydrogens (primary N) is 1. The van der Waals surface area contributed by atoms with Crippen LogP contribution >= 0.6 is 0 Å². The molecule has 1 unspecified atom stereocenters. The molecule has 33 heavy (non-hydrogen) atoms. The number of aliphatic hydroxyl groups is 1. The minimum Gasteiger partial charge on any atom is -0.506 e. The monoisotopic (exact) mass is 470 g/mol. The molecule has 1 heterocycles. The molecule has 3 aromatic carbocycles. The number of ether oxygens (including phenoxy) is 1. The number of nitrogens with one attached hydrogen (secondary N) is 3. The standard InChI is InChI=1S/C23H26N4O5S/c1-33(30,31)27-20-10-14(6-7-21(20)28)11-23(29)25-8-9-32-22-13-19-16(12-17(22)24)15-4-2-3-5-18(15)26-19/h2-7,10,12-13,23,25-29H,8-9,11,24H2,1H3. The molecule has 0 radical (unpaired) electrons. The van der Waals surface area contributed by atoms with Crippen LogP contribution in [0, 0.1) is 0 Å². The smallest absolute Gasteiger partial charge is 0.229 e. The Bertz CT molecular complexity index is 1400. The Morgan fingerprint density at radius 1 is 1.09 bits per heavy atom. The SMILES string of the molecule is CS(=O)(=O)Nc1cc(CC(O)NCCOc2cc3[nH]c4ccccc4c3cc2N)ccc1O. The van der Waals surface area contributed by atoms with Crippen LogP contribution in [0.1, 0.15) is 5.56 Å². The maximum Gasteiger partial charge on any atom is 0.229 e. The molecule has 0 aliphatic heterocycles. The summed E-state index contributed by atoms with van der Waals surface area (Å²) in [6.45, 7) is 0.640. The van der Waals surface area contributed by atoms with Gasteiger partial charge in [0.25, 0.3) is 0 Å². The van der Waals surface area contributed by atoms with Crippen LogP contribution in [0.2, 0.25) is 0 Å². The van der Waals surface area contributed by atoms with Crippen molar-refractivity contribution in [3.63, 3.8) is 0 Å². The number of aliphatic hydroxyl groups excluding tert-OH is 1. The van der Waals surface area contributed by atoms with Crippen LogP contribution in [-0.2, 0) is 16.4 Å². The van der Waals surface area contributed by atoms with Crippen molar-refractivity contribution >= 4 is 43.2 Å². The highest BCUT2D eigenvalue weighted by atomic mass is 32.2. The molecule has 9 nitrogen and oxygen atoms in total. The predicted octanol–water partition coefficient (Wildman–Crippen LogP) is 2.51. The van der Waals surface area contributed by atoms with Gasteiger partial charge in [0.1, 0.15) is 24.3 Å². The maximum absolute atomic E-state index is 11.4. The molecule has 0 saturated heterocycles. The van der Waals surface area contributed by atoms with Gasteiger partial charge in [0.05, 0.1) is 23.1 Å². The number of rotatable bonds is 9. The van der Waals surface area contributed by atoms with Gasteiger partial charge in [-0.25, -0.2) is 8.42 Å². The highest BCUT2D eigenvalue weighted by Crippen LogP contribution is 2.32. The van der Waals surface area contributed by atoms with Gasteiger partial charge in [-0.2, -0.15) is 0 Å². The summed E-state index contributed by atoms with van der Waals surface area (Å²) < 4.78 is 30.9. The van der Waals surface area contributed by atoms with Crippen LogP contribution in [0.25, 0.3) is 21.8 Å². The van der Waals surface area contributed by atoms with Crippen LogP contribution in [0.15, 0.2) is 54.6 Å². The molecular formula is C23H26N4O5S. The van der Waals surface area contributed by atoms with Crippen molar-refractivity contribution in [2.75, 3.05) is 29.9 Å². The zero-order valence-electron chi connectivity index (χ0n) is 18.0. The summed E-state index contributed by atoms with van der Waals surface area (Å²) in [6, 6.07) is 16.2. The molecule has 0 fully saturated rings. The van der Waals surface area contributed by atoms with Crippen molar-refractivity contribution in [1.29, 1.82) is 0 Å². The summed E-state index contributed by atoms with van der Waals surface area (Å²) in [5.41, 5.74) is 9.37. The van der Waals surface area contributed by atoms with Gasteiger partial charge in [0.2, 0.25) is 10.0 Å². The highest BCUT2D eigenvalue weighted by molar-refractivity contribution is 7.92. The third kappa shape index (κ3) is 5.48. The molecule has 0 amide bonds. The largest absolute Gasteiger partial charge is 0.506 e. The number of aromatic amines is 1. The van der Waals surface area contributed by atoms with Gasteiger partial charge in [-0.1, -0.05) is 24.3 Å². The Balaban J connectivity index is 1.33. The number of para-hydroxylation sites is 1. The van der Waals surface area contributed by atoms with E-state index in [2.05, 4.69) is 15.0 Å². The van der Waals surface area contributed by atoms with E-state index in [9.17, 15) is 18.6 Å². The van der Waals surface area contributed by atoms with E-state index in [-0.39, 0.29) is 24.5 Å². The average Bonchev–Trinajstić information content (AvgIpc) is 3.10. The number of phenolic OH excluding ortho intramolecular Hbond substituents is 1. The summed E-state index contributed by atoms with van der Waals surface area (Å²) in [5.74, 6) is 0.366. The second-order valence-corrected chi connectivity index (χ2v) is 9.60. The number of sulfonamides is 1. The Morgan fingerprint density at radius 2 is 1.88 bits per heavy atom. The lowest BCUT2D eigenvalue weighted by atomic mass is 10.1. The van der Waals surface area contributed by atoms with Crippen molar-refractivity contribution in [2.24, 2.45) is 0 Å². The van der Waals surface area contributed by atoms with Gasteiger partial charge in [0, 0.05) is 35.3 Å². The third-order valence-corrected chi connectivity index (χ3v) is 5.75. The third-order valence-electron chi connectivity index (χ3n) is 5.16. The quantitative estimate of drug-likeness (QED) is 0.0952. The minimum absolute atomic E-state index is 0.0633. The van der Waals surface area contributed by atoms with Crippen molar-refractivity contribution in [2.45, 2.75) is 12.6 Å². The van der Waals surface area contributed by atoms with E-state index in [0.717, 1.165) is 28.1 Å². The Kier molecular flexibility index (Phi) is 6.32. The normalized spacial score (nSPS) is 12.8. The molecule has 7 N–H and O–H groups in total. The first kappa shape index (κ1) is 22.7. The number of anilines is 2. The molecule has 4 rings (SSSR count). The lowest BCUT2D eigenvalue weighted by Gasteiger charge is -2.15. The van der Waals surface area contributed by atoms with E-state index >= 15 is 0 Å². The molecule has 10 heteroatoms. The zero-order chi connectivity index (χ0) is 23.6. The second kappa shape index (κ2) is 9.18. The first-order chi connectivity index (χ1) is 15.7. The van der Waals surface area contributed by atoms with Gasteiger partial charge < -0.3 is 25.7 Å². The van der Waals surface area contributed by atoms with Crippen molar-refractivity contribution in [3.05, 3.63) is 60.2 Å². The first-order valence-electron chi connectivity index (χ1n) is 10.3. The predicted molar refractivity (Wildman–Crippen MR) is 130 cm³/mol. The highest BCUT2D eigenvalue weighted by Gasteiger charge is 2.12. The fourth-order valence-electron chi connectivity index (χ4n) is 3.69. The Morgan fingerprint density at radius 3 is 2.67 bits per heavy atom. The maximum atomic E-state index is 11.4. The van der Waals surface area contributed by atoms with Crippen LogP contribution in [0.5, 0.6) is 11.5 Å². The number of aromatic hydroxyl groups is 1. The fourth-order valence-corrected chi connectivity index (χ4v) is 4.26. The fraction of sp³-hybridized carbons (Fsp3) is 0.217. The minimum atomic E-state index is -3.53. The van der Waals surface area contributed by atoms with E-state index in [4.69, 9.17) is 10.5 Å². The van der Waals surface area contributed by atoms with Crippen molar-refractivity contribution in [1.82, 2.24) is 10.3 Å². The first-order valence-corrected chi connectivity index (χ1v) is 12.2. The topological polar surface area (TPSA) is 150 Å². The Hall–Kier alpha value is -3.47. The molecule has 0 bridgehead atoms. The lowest BCUT2D eigenvalue weighted by Crippen LogP contribution is -2.34. The zero-order valence-corrected chi connectivity index (χ0v) is 18.8. The van der Waals surface area contributed by atoms with Gasteiger partial charge in [-0.3, -0.25) is 10.0 Å². The molecule has 0 aliphatic carbocycles. The summed E-state index contributed by atoms with van der Waals surface area (Å²) in [4.78, 5) is 3.35. The van der Waals surface area contributed by atoms with Crippen LogP contribution < -0.4 is 20.5 Å². The molecule has 1 aromatic heterocycles. The molecule has 0 saturated carbocycles. The molecule has 174 valence electrons. The van der Waals surface area contributed by atoms with Gasteiger partial charge >= 0.3 is 0 Å². The van der Waals surface area contributed by atoms with E-state index in [0.29, 0.717) is 23.5 Å². The molecule has 4 aromatic rings. The number of benzene rings is 3. The van der Waals surface area contributed by atoms with Gasteiger partial charge in [-0.05, 0) is 29.8 Å². The van der Waals surface area contributed by atoms with Crippen LogP contribution in [0.4, 0.5) is 11.4 Å². The van der Waals surface area contributed by atoms with Crippen molar-refractivity contribution in [3.8, 4) is 11.5 Å². The summed E-state index contributed by atoms with van der Waals surface area (Å²) >= 11 is 0. The number of hydrogen-bond donors (Lipinski definition) is 6. The number of aromatic nitrogens is 1. The molecule has 0 spiro atoms. The van der Waals surface area contributed by atoms with E-state index in [1.165, 1.54) is 12.1 Å². The molecular weight excluding hydrogens is 444 g/mol. The number of phenols is 1. The van der Waals surface area contributed by atoms with Crippen LogP contribution in [0.3, 0.4) is 0 Å². The average molecular weight is 471 g/mol. The molecule has 1 atom stereocenters. The number of H-pyrrole nitrogens is 1. The van der Waals surface area contributed by atoms with Gasteiger partial charge in [0.15, 0.2) is 0 Å². The lowest BCUT2D eigenvalue weighted by molar-refractivity contribution is 0.130. The number of nitrogen functional groups attached to an aromatic ring is 1. The van der Waals surface area contributed by atoms with Crippen LogP contribution in [-0.4, -0.2) is 49.3 Å².